The minimum absolute atomic E-state index is 0.193. The Kier molecular flexibility index (Phi) is 3.46. The van der Waals surface area contributed by atoms with Crippen molar-refractivity contribution in [2.45, 2.75) is 38.1 Å². The molecule has 2 unspecified atom stereocenters. The number of nitrogens with zero attached hydrogens (tertiary/aromatic N) is 2. The van der Waals surface area contributed by atoms with Crippen LogP contribution < -0.4 is 5.32 Å². The van der Waals surface area contributed by atoms with Crippen molar-refractivity contribution < 1.29 is 4.79 Å². The third kappa shape index (κ3) is 2.48. The van der Waals surface area contributed by atoms with Crippen molar-refractivity contribution in [1.29, 1.82) is 0 Å². The lowest BCUT2D eigenvalue weighted by Gasteiger charge is -2.26. The summed E-state index contributed by atoms with van der Waals surface area (Å²) >= 11 is 0. The first-order valence-electron chi connectivity index (χ1n) is 7.46. The molecule has 102 valence electrons. The van der Waals surface area contributed by atoms with Crippen LogP contribution in [0.5, 0.6) is 0 Å². The lowest BCUT2D eigenvalue weighted by Crippen LogP contribution is -2.45. The van der Waals surface area contributed by atoms with Crippen LogP contribution in [0.3, 0.4) is 0 Å². The average Bonchev–Trinajstić information content (AvgIpc) is 2.87. The summed E-state index contributed by atoms with van der Waals surface area (Å²) in [5, 5.41) is 3.23. The van der Waals surface area contributed by atoms with Crippen LogP contribution in [0.2, 0.25) is 0 Å². The fourth-order valence-electron chi connectivity index (χ4n) is 3.91. The SMILES string of the molecule is CN1CC2CN(C(=O)NC3CCCCC3)CC2C1. The quantitative estimate of drug-likeness (QED) is 0.767. The highest BCUT2D eigenvalue weighted by Crippen LogP contribution is 2.30. The second-order valence-electron chi connectivity index (χ2n) is 6.43. The van der Waals surface area contributed by atoms with E-state index in [9.17, 15) is 4.79 Å². The molecule has 0 aromatic heterocycles. The molecule has 3 fully saturated rings. The van der Waals surface area contributed by atoms with E-state index in [0.717, 1.165) is 26.2 Å². The molecule has 3 aliphatic rings. The van der Waals surface area contributed by atoms with Crippen LogP contribution in [0, 0.1) is 11.8 Å². The monoisotopic (exact) mass is 251 g/mol. The molecule has 4 nitrogen and oxygen atoms in total. The van der Waals surface area contributed by atoms with Gasteiger partial charge in [-0.05, 0) is 31.7 Å². The van der Waals surface area contributed by atoms with Crippen LogP contribution in [0.4, 0.5) is 4.79 Å². The molecule has 18 heavy (non-hydrogen) atoms. The molecule has 0 aromatic carbocycles. The van der Waals surface area contributed by atoms with Gasteiger partial charge in [-0.3, -0.25) is 0 Å². The van der Waals surface area contributed by atoms with Crippen molar-refractivity contribution >= 4 is 6.03 Å². The molecule has 2 amide bonds. The highest BCUT2D eigenvalue weighted by atomic mass is 16.2. The van der Waals surface area contributed by atoms with Crippen molar-refractivity contribution in [2.75, 3.05) is 33.2 Å². The molecule has 1 N–H and O–H groups in total. The topological polar surface area (TPSA) is 35.6 Å². The molecule has 2 aliphatic heterocycles. The molecular formula is C14H25N3O. The fourth-order valence-corrected chi connectivity index (χ4v) is 3.91. The Labute approximate surface area is 110 Å². The van der Waals surface area contributed by atoms with Crippen molar-refractivity contribution in [3.05, 3.63) is 0 Å². The smallest absolute Gasteiger partial charge is 0.317 e. The van der Waals surface area contributed by atoms with Gasteiger partial charge in [0, 0.05) is 32.2 Å². The summed E-state index contributed by atoms with van der Waals surface area (Å²) < 4.78 is 0. The van der Waals surface area contributed by atoms with Crippen LogP contribution in [-0.4, -0.2) is 55.1 Å². The average molecular weight is 251 g/mol. The molecule has 0 aromatic rings. The Morgan fingerprint density at radius 3 is 2.22 bits per heavy atom. The maximum absolute atomic E-state index is 12.2. The molecular weight excluding hydrogens is 226 g/mol. The number of amides is 2. The van der Waals surface area contributed by atoms with Crippen LogP contribution in [0.15, 0.2) is 0 Å². The molecule has 4 heteroatoms. The molecule has 2 atom stereocenters. The van der Waals surface area contributed by atoms with Gasteiger partial charge in [-0.2, -0.15) is 0 Å². The maximum atomic E-state index is 12.2. The van der Waals surface area contributed by atoms with Crippen molar-refractivity contribution in [3.8, 4) is 0 Å². The van der Waals surface area contributed by atoms with Gasteiger partial charge in [0.15, 0.2) is 0 Å². The predicted octanol–water partition coefficient (Wildman–Crippen LogP) is 1.52. The van der Waals surface area contributed by atoms with Crippen molar-refractivity contribution in [3.63, 3.8) is 0 Å². The van der Waals surface area contributed by atoms with Gasteiger partial charge >= 0.3 is 6.03 Å². The molecule has 1 aliphatic carbocycles. The minimum atomic E-state index is 0.193. The van der Waals surface area contributed by atoms with Gasteiger partial charge in [0.05, 0.1) is 0 Å². The van der Waals surface area contributed by atoms with Gasteiger partial charge in [-0.1, -0.05) is 19.3 Å². The van der Waals surface area contributed by atoms with Crippen LogP contribution >= 0.6 is 0 Å². The minimum Gasteiger partial charge on any atom is -0.335 e. The van der Waals surface area contributed by atoms with Gasteiger partial charge < -0.3 is 15.1 Å². The molecule has 0 radical (unpaired) electrons. The van der Waals surface area contributed by atoms with E-state index in [1.807, 2.05) is 0 Å². The van der Waals surface area contributed by atoms with Crippen LogP contribution in [0.25, 0.3) is 0 Å². The van der Waals surface area contributed by atoms with Gasteiger partial charge in [-0.15, -0.1) is 0 Å². The van der Waals surface area contributed by atoms with Gasteiger partial charge in [0.25, 0.3) is 0 Å². The number of likely N-dealkylation sites (tertiary alicyclic amines) is 2. The van der Waals surface area contributed by atoms with E-state index < -0.39 is 0 Å². The zero-order valence-corrected chi connectivity index (χ0v) is 11.4. The summed E-state index contributed by atoms with van der Waals surface area (Å²) in [6.45, 7) is 4.26. The Morgan fingerprint density at radius 2 is 1.61 bits per heavy atom. The number of urea groups is 1. The second kappa shape index (κ2) is 5.08. The predicted molar refractivity (Wildman–Crippen MR) is 71.5 cm³/mol. The molecule has 3 rings (SSSR count). The van der Waals surface area contributed by atoms with E-state index in [2.05, 4.69) is 22.2 Å². The number of hydrogen-bond donors (Lipinski definition) is 1. The summed E-state index contributed by atoms with van der Waals surface area (Å²) in [4.78, 5) is 16.7. The molecule has 2 saturated heterocycles. The highest BCUT2D eigenvalue weighted by molar-refractivity contribution is 5.75. The number of carbonyl (C=O) groups excluding carboxylic acids is 1. The van der Waals surface area contributed by atoms with Gasteiger partial charge in [-0.25, -0.2) is 4.79 Å². The van der Waals surface area contributed by atoms with Gasteiger partial charge in [0.1, 0.15) is 0 Å². The Hall–Kier alpha value is -0.770. The van der Waals surface area contributed by atoms with Gasteiger partial charge in [0.2, 0.25) is 0 Å². The largest absolute Gasteiger partial charge is 0.335 e. The number of rotatable bonds is 1. The van der Waals surface area contributed by atoms with Crippen LogP contribution in [-0.2, 0) is 0 Å². The Bertz CT molecular complexity index is 300. The normalized spacial score (nSPS) is 33.7. The first-order valence-corrected chi connectivity index (χ1v) is 7.46. The Morgan fingerprint density at radius 1 is 1.00 bits per heavy atom. The zero-order valence-electron chi connectivity index (χ0n) is 11.4. The lowest BCUT2D eigenvalue weighted by molar-refractivity contribution is 0.194. The van der Waals surface area contributed by atoms with E-state index in [1.165, 1.54) is 32.1 Å². The molecule has 2 heterocycles. The van der Waals surface area contributed by atoms with Crippen molar-refractivity contribution in [1.82, 2.24) is 15.1 Å². The summed E-state index contributed by atoms with van der Waals surface area (Å²) in [7, 11) is 2.19. The number of nitrogens with one attached hydrogen (secondary N) is 1. The molecule has 1 saturated carbocycles. The third-order valence-electron chi connectivity index (χ3n) is 4.89. The lowest BCUT2D eigenvalue weighted by atomic mass is 9.96. The third-order valence-corrected chi connectivity index (χ3v) is 4.89. The maximum Gasteiger partial charge on any atom is 0.317 e. The van der Waals surface area contributed by atoms with Crippen molar-refractivity contribution in [2.24, 2.45) is 11.8 Å². The number of hydrogen-bond acceptors (Lipinski definition) is 2. The molecule has 0 bridgehead atoms. The zero-order chi connectivity index (χ0) is 12.5. The number of carbonyl (C=O) groups is 1. The van der Waals surface area contributed by atoms with E-state index in [1.54, 1.807) is 0 Å². The second-order valence-corrected chi connectivity index (χ2v) is 6.43. The highest BCUT2D eigenvalue weighted by Gasteiger charge is 2.40. The summed E-state index contributed by atoms with van der Waals surface area (Å²) in [6, 6.07) is 0.633. The fraction of sp³-hybridized carbons (Fsp3) is 0.929. The number of fused-ring (bicyclic) bond motifs is 1. The van der Waals surface area contributed by atoms with Crippen LogP contribution in [0.1, 0.15) is 32.1 Å². The van der Waals surface area contributed by atoms with E-state index in [4.69, 9.17) is 0 Å². The van der Waals surface area contributed by atoms with E-state index in [0.29, 0.717) is 17.9 Å². The molecule has 0 spiro atoms. The summed E-state index contributed by atoms with van der Waals surface area (Å²) in [5.74, 6) is 1.43. The summed E-state index contributed by atoms with van der Waals surface area (Å²) in [6.07, 6.45) is 6.25. The van der Waals surface area contributed by atoms with E-state index >= 15 is 0 Å². The Balaban J connectivity index is 1.49. The van der Waals surface area contributed by atoms with E-state index in [-0.39, 0.29) is 6.03 Å². The first kappa shape index (κ1) is 12.3. The first-order chi connectivity index (χ1) is 8.72. The summed E-state index contributed by atoms with van der Waals surface area (Å²) in [5.41, 5.74) is 0. The standard InChI is InChI=1S/C14H25N3O/c1-16-7-11-9-17(10-12(11)8-16)14(18)15-13-5-3-2-4-6-13/h11-13H,2-10H2,1H3,(H,15,18).